The molecule has 1 saturated heterocycles. The molecule has 1 aliphatic rings. The third-order valence-electron chi connectivity index (χ3n) is 7.03. The molecule has 1 unspecified atom stereocenters. The Morgan fingerprint density at radius 2 is 1.89 bits per heavy atom. The highest BCUT2D eigenvalue weighted by Gasteiger charge is 2.29. The first-order chi connectivity index (χ1) is 17.0. The van der Waals surface area contributed by atoms with E-state index in [-0.39, 0.29) is 0 Å². The maximum atomic E-state index is 11.7. The molecule has 35 heavy (non-hydrogen) atoms. The summed E-state index contributed by atoms with van der Waals surface area (Å²) in [6.45, 7) is 3.39. The van der Waals surface area contributed by atoms with Crippen molar-refractivity contribution in [2.45, 2.75) is 45.2 Å². The van der Waals surface area contributed by atoms with Gasteiger partial charge < -0.3 is 5.11 Å². The number of rotatable bonds is 6. The Bertz CT molecular complexity index is 1370. The molecule has 0 radical (unpaired) electrons. The van der Waals surface area contributed by atoms with Crippen LogP contribution in [-0.4, -0.2) is 38.5 Å². The van der Waals surface area contributed by atoms with Gasteiger partial charge in [-0.1, -0.05) is 66.6 Å². The molecule has 4 aromatic rings. The fourth-order valence-corrected chi connectivity index (χ4v) is 5.36. The Labute approximate surface area is 210 Å². The van der Waals surface area contributed by atoms with Crippen molar-refractivity contribution >= 4 is 28.5 Å². The summed E-state index contributed by atoms with van der Waals surface area (Å²) in [5.74, 6) is -0.769. The van der Waals surface area contributed by atoms with Crippen LogP contribution in [0.3, 0.4) is 0 Å². The summed E-state index contributed by atoms with van der Waals surface area (Å²) in [6, 6.07) is 18.2. The van der Waals surface area contributed by atoms with E-state index in [0.717, 1.165) is 41.5 Å². The monoisotopic (exact) mass is 485 g/mol. The number of benzene rings is 2. The third kappa shape index (κ3) is 4.79. The topological polar surface area (TPSA) is 66.3 Å². The third-order valence-corrected chi connectivity index (χ3v) is 7.48. The first kappa shape index (κ1) is 23.5. The van der Waals surface area contributed by atoms with E-state index < -0.39 is 12.0 Å². The van der Waals surface area contributed by atoms with Gasteiger partial charge in [0, 0.05) is 36.3 Å². The minimum Gasteiger partial charge on any atom is -0.480 e. The van der Waals surface area contributed by atoms with Crippen molar-refractivity contribution in [3.8, 4) is 11.1 Å². The van der Waals surface area contributed by atoms with Crippen LogP contribution in [0.1, 0.15) is 41.6 Å². The van der Waals surface area contributed by atoms with Crippen LogP contribution >= 0.6 is 11.6 Å². The van der Waals surface area contributed by atoms with Gasteiger partial charge in [-0.3, -0.25) is 19.7 Å². The van der Waals surface area contributed by atoms with Crippen LogP contribution in [0.15, 0.2) is 67.0 Å². The molecule has 1 aliphatic heterocycles. The number of carbonyl (C=O) groups is 1. The maximum Gasteiger partial charge on any atom is 0.320 e. The van der Waals surface area contributed by atoms with Gasteiger partial charge in [0.15, 0.2) is 0 Å². The van der Waals surface area contributed by atoms with E-state index in [2.05, 4.69) is 54.4 Å². The highest BCUT2D eigenvalue weighted by molar-refractivity contribution is 6.36. The molecule has 0 spiro atoms. The van der Waals surface area contributed by atoms with Gasteiger partial charge in [0.2, 0.25) is 0 Å². The average molecular weight is 486 g/mol. The van der Waals surface area contributed by atoms with Gasteiger partial charge in [-0.15, -0.1) is 0 Å². The molecule has 5 rings (SSSR count). The number of pyridine rings is 2. The lowest BCUT2D eigenvalue weighted by Gasteiger charge is -2.33. The number of piperidine rings is 1. The van der Waals surface area contributed by atoms with Crippen LogP contribution in [0.4, 0.5) is 0 Å². The van der Waals surface area contributed by atoms with Gasteiger partial charge >= 0.3 is 5.97 Å². The molecule has 0 saturated carbocycles. The molecular formula is C29H28ClN3O2. The Kier molecular flexibility index (Phi) is 6.80. The van der Waals surface area contributed by atoms with Crippen molar-refractivity contribution in [3.05, 3.63) is 94.4 Å². The Balaban J connectivity index is 1.46. The van der Waals surface area contributed by atoms with Crippen molar-refractivity contribution in [2.75, 3.05) is 6.54 Å². The molecule has 1 fully saturated rings. The Morgan fingerprint density at radius 3 is 2.69 bits per heavy atom. The molecule has 6 heteroatoms. The van der Waals surface area contributed by atoms with E-state index in [0.29, 0.717) is 24.4 Å². The molecule has 1 N–H and O–H groups in total. The lowest BCUT2D eigenvalue weighted by molar-refractivity contribution is -0.144. The van der Waals surface area contributed by atoms with Crippen molar-refractivity contribution in [1.29, 1.82) is 0 Å². The molecule has 1 atom stereocenters. The van der Waals surface area contributed by atoms with Gasteiger partial charge in [-0.2, -0.15) is 0 Å². The summed E-state index contributed by atoms with van der Waals surface area (Å²) >= 11 is 6.86. The lowest BCUT2D eigenvalue weighted by atomic mass is 9.94. The summed E-state index contributed by atoms with van der Waals surface area (Å²) in [4.78, 5) is 23.1. The quantitative estimate of drug-likeness (QED) is 0.347. The van der Waals surface area contributed by atoms with Gasteiger partial charge in [0.05, 0.1) is 16.2 Å². The molecule has 0 bridgehead atoms. The summed E-state index contributed by atoms with van der Waals surface area (Å²) in [5.41, 5.74) is 7.36. The molecule has 0 aliphatic carbocycles. The second-order valence-electron chi connectivity index (χ2n) is 9.20. The van der Waals surface area contributed by atoms with E-state index in [1.165, 1.54) is 22.3 Å². The number of fused-ring (bicyclic) bond motifs is 1. The van der Waals surface area contributed by atoms with Crippen LogP contribution in [0.5, 0.6) is 0 Å². The van der Waals surface area contributed by atoms with Gasteiger partial charge in [0.25, 0.3) is 0 Å². The number of likely N-dealkylation sites (tertiary alicyclic amines) is 1. The first-order valence-electron chi connectivity index (χ1n) is 12.0. The second kappa shape index (κ2) is 10.1. The minimum atomic E-state index is -0.769. The minimum absolute atomic E-state index is 0.469. The Morgan fingerprint density at radius 1 is 1.06 bits per heavy atom. The van der Waals surface area contributed by atoms with Crippen LogP contribution < -0.4 is 0 Å². The molecular weight excluding hydrogens is 458 g/mol. The highest BCUT2D eigenvalue weighted by Crippen LogP contribution is 2.32. The summed E-state index contributed by atoms with van der Waals surface area (Å²) < 4.78 is 0. The fourth-order valence-electron chi connectivity index (χ4n) is 5.09. The van der Waals surface area contributed by atoms with Crippen molar-refractivity contribution in [1.82, 2.24) is 14.9 Å². The normalized spacial score (nSPS) is 16.5. The summed E-state index contributed by atoms with van der Waals surface area (Å²) in [5, 5.41) is 11.1. The van der Waals surface area contributed by atoms with Gasteiger partial charge in [-0.05, 0) is 54.6 Å². The number of carboxylic acid groups (broad SMARTS) is 1. The number of aromatic nitrogens is 2. The lowest BCUT2D eigenvalue weighted by Crippen LogP contribution is -2.44. The molecule has 0 amide bonds. The number of carboxylic acids is 1. The Hall–Kier alpha value is -3.28. The smallest absolute Gasteiger partial charge is 0.320 e. The number of hydrogen-bond donors (Lipinski definition) is 1. The van der Waals surface area contributed by atoms with Crippen LogP contribution in [0.25, 0.3) is 22.0 Å². The number of hydrogen-bond acceptors (Lipinski definition) is 4. The molecule has 178 valence electrons. The van der Waals surface area contributed by atoms with E-state index in [1.807, 2.05) is 17.0 Å². The number of nitrogens with zero attached hydrogens (tertiary/aromatic N) is 3. The summed E-state index contributed by atoms with van der Waals surface area (Å²) in [7, 11) is 0. The zero-order valence-electron chi connectivity index (χ0n) is 19.7. The van der Waals surface area contributed by atoms with Crippen LogP contribution in [-0.2, 0) is 17.8 Å². The maximum absolute atomic E-state index is 11.7. The fraction of sp³-hybridized carbons (Fsp3) is 0.276. The van der Waals surface area contributed by atoms with Gasteiger partial charge in [0.1, 0.15) is 6.04 Å². The van der Waals surface area contributed by atoms with E-state index in [4.69, 9.17) is 16.6 Å². The second-order valence-corrected chi connectivity index (χ2v) is 9.58. The van der Waals surface area contributed by atoms with Gasteiger partial charge in [-0.25, -0.2) is 0 Å². The molecule has 2 aromatic carbocycles. The predicted molar refractivity (Wildman–Crippen MR) is 140 cm³/mol. The van der Waals surface area contributed by atoms with Crippen LogP contribution in [0.2, 0.25) is 5.02 Å². The largest absolute Gasteiger partial charge is 0.480 e. The van der Waals surface area contributed by atoms with E-state index >= 15 is 0 Å². The van der Waals surface area contributed by atoms with Crippen molar-refractivity contribution in [2.24, 2.45) is 0 Å². The average Bonchev–Trinajstić information content (AvgIpc) is 2.88. The summed E-state index contributed by atoms with van der Waals surface area (Å²) in [6.07, 6.45) is 6.83. The van der Waals surface area contributed by atoms with Crippen LogP contribution in [0, 0.1) is 6.92 Å². The number of aliphatic carboxylic acids is 1. The van der Waals surface area contributed by atoms with Crippen molar-refractivity contribution in [3.63, 3.8) is 0 Å². The molecule has 2 aromatic heterocycles. The zero-order valence-corrected chi connectivity index (χ0v) is 20.5. The zero-order chi connectivity index (χ0) is 24.4. The van der Waals surface area contributed by atoms with E-state index in [9.17, 15) is 9.90 Å². The predicted octanol–water partition coefficient (Wildman–Crippen LogP) is 6.29. The van der Waals surface area contributed by atoms with E-state index in [1.54, 1.807) is 12.4 Å². The number of halogens is 1. The highest BCUT2D eigenvalue weighted by atomic mass is 35.5. The molecule has 5 nitrogen and oxygen atoms in total. The SMILES string of the molecule is Cc1c(Cc2nccc3c(Cl)c(CN4CCCCC4C(=O)O)cnc23)cccc1-c1ccccc1. The van der Waals surface area contributed by atoms with Crippen molar-refractivity contribution < 1.29 is 9.90 Å². The molecule has 3 heterocycles. The standard InChI is InChI=1S/C29H28ClN3O2/c1-19-21(10-7-11-23(19)20-8-3-2-4-9-20)16-25-28-24(13-14-31-25)27(30)22(17-32-28)18-33-15-6-5-12-26(33)29(34)35/h2-4,7-11,13-14,17,26H,5-6,12,15-16,18H2,1H3,(H,34,35). The first-order valence-corrected chi connectivity index (χ1v) is 12.4.